The number of nitrogens with zero attached hydrogens (tertiary/aromatic N) is 1. The van der Waals surface area contributed by atoms with Gasteiger partial charge in [-0.3, -0.25) is 0 Å². The van der Waals surface area contributed by atoms with Crippen molar-refractivity contribution in [1.29, 1.82) is 0 Å². The van der Waals surface area contributed by atoms with Crippen molar-refractivity contribution in [3.8, 4) is 0 Å². The zero-order chi connectivity index (χ0) is 13.7. The first-order valence-electron chi connectivity index (χ1n) is 6.26. The van der Waals surface area contributed by atoms with Crippen molar-refractivity contribution < 1.29 is 4.39 Å². The van der Waals surface area contributed by atoms with Crippen LogP contribution in [0.3, 0.4) is 0 Å². The normalized spacial score (nSPS) is 12.6. The maximum atomic E-state index is 13.1. The van der Waals surface area contributed by atoms with Crippen molar-refractivity contribution in [3.63, 3.8) is 0 Å². The second-order valence-electron chi connectivity index (χ2n) is 4.36. The van der Waals surface area contributed by atoms with E-state index >= 15 is 0 Å². The molecule has 2 aromatic rings. The van der Waals surface area contributed by atoms with E-state index in [1.54, 1.807) is 17.4 Å². The van der Waals surface area contributed by atoms with Gasteiger partial charge in [0.1, 0.15) is 5.82 Å². The summed E-state index contributed by atoms with van der Waals surface area (Å²) in [5.74, 6) is -0.305. The third kappa shape index (κ3) is 4.00. The summed E-state index contributed by atoms with van der Waals surface area (Å²) in [7, 11) is 0. The standard InChI is InChI=1S/C14H16ClFN2S/c1-2-5-17-13(14-8-19-9-18-14)6-10-3-4-11(16)7-12(10)15/h3-4,7-9,13,17H,2,5-6H2,1H3. The van der Waals surface area contributed by atoms with E-state index in [0.717, 1.165) is 24.2 Å². The highest BCUT2D eigenvalue weighted by Crippen LogP contribution is 2.24. The van der Waals surface area contributed by atoms with Crippen LogP contribution in [0.5, 0.6) is 0 Å². The van der Waals surface area contributed by atoms with Gasteiger partial charge >= 0.3 is 0 Å². The Morgan fingerprint density at radius 3 is 2.95 bits per heavy atom. The Morgan fingerprint density at radius 2 is 2.32 bits per heavy atom. The molecule has 0 saturated heterocycles. The first-order valence-corrected chi connectivity index (χ1v) is 7.58. The summed E-state index contributed by atoms with van der Waals surface area (Å²) in [6.45, 7) is 3.04. The van der Waals surface area contributed by atoms with Gasteiger partial charge in [0.2, 0.25) is 0 Å². The third-order valence-corrected chi connectivity index (χ3v) is 3.84. The quantitative estimate of drug-likeness (QED) is 0.864. The fourth-order valence-corrected chi connectivity index (χ4v) is 2.75. The number of rotatable bonds is 6. The van der Waals surface area contributed by atoms with Gasteiger partial charge in [-0.1, -0.05) is 24.6 Å². The molecule has 0 amide bonds. The molecule has 0 radical (unpaired) electrons. The molecule has 1 heterocycles. The van der Waals surface area contributed by atoms with Crippen molar-refractivity contribution >= 4 is 22.9 Å². The van der Waals surface area contributed by atoms with Crippen LogP contribution in [0.1, 0.15) is 30.6 Å². The van der Waals surface area contributed by atoms with E-state index in [0.29, 0.717) is 11.4 Å². The van der Waals surface area contributed by atoms with Gasteiger partial charge < -0.3 is 5.32 Å². The maximum absolute atomic E-state index is 13.1. The number of nitrogens with one attached hydrogen (secondary N) is 1. The molecule has 2 nitrogen and oxygen atoms in total. The summed E-state index contributed by atoms with van der Waals surface area (Å²) in [5.41, 5.74) is 3.77. The molecular formula is C14H16ClFN2S. The molecule has 1 atom stereocenters. The van der Waals surface area contributed by atoms with Gasteiger partial charge in [-0.05, 0) is 37.1 Å². The van der Waals surface area contributed by atoms with E-state index in [9.17, 15) is 4.39 Å². The molecule has 5 heteroatoms. The zero-order valence-electron chi connectivity index (χ0n) is 10.7. The van der Waals surface area contributed by atoms with Crippen LogP contribution in [0.25, 0.3) is 0 Å². The van der Waals surface area contributed by atoms with Gasteiger partial charge in [0.15, 0.2) is 0 Å². The molecule has 2 rings (SSSR count). The van der Waals surface area contributed by atoms with Crippen LogP contribution >= 0.6 is 22.9 Å². The molecule has 1 N–H and O–H groups in total. The lowest BCUT2D eigenvalue weighted by Crippen LogP contribution is -2.24. The van der Waals surface area contributed by atoms with Gasteiger partial charge in [-0.2, -0.15) is 0 Å². The number of aromatic nitrogens is 1. The Labute approximate surface area is 121 Å². The van der Waals surface area contributed by atoms with Gasteiger partial charge in [0.05, 0.1) is 17.2 Å². The van der Waals surface area contributed by atoms with Gasteiger partial charge in [0, 0.05) is 10.4 Å². The topological polar surface area (TPSA) is 24.9 Å². The molecule has 19 heavy (non-hydrogen) atoms. The molecule has 0 aliphatic carbocycles. The summed E-state index contributed by atoms with van der Waals surface area (Å²) in [6.07, 6.45) is 1.76. The first kappa shape index (κ1) is 14.4. The van der Waals surface area contributed by atoms with Crippen LogP contribution in [0.15, 0.2) is 29.1 Å². The van der Waals surface area contributed by atoms with Gasteiger partial charge in [-0.25, -0.2) is 9.37 Å². The predicted molar refractivity (Wildman–Crippen MR) is 78.3 cm³/mol. The van der Waals surface area contributed by atoms with Crippen LogP contribution in [-0.2, 0) is 6.42 Å². The molecule has 1 aromatic heterocycles. The van der Waals surface area contributed by atoms with Gasteiger partial charge in [0.25, 0.3) is 0 Å². The number of hydrogen-bond acceptors (Lipinski definition) is 3. The average molecular weight is 299 g/mol. The lowest BCUT2D eigenvalue weighted by atomic mass is 10.0. The summed E-state index contributed by atoms with van der Waals surface area (Å²) >= 11 is 7.66. The fourth-order valence-electron chi connectivity index (χ4n) is 1.90. The number of benzene rings is 1. The Morgan fingerprint density at radius 1 is 1.47 bits per heavy atom. The van der Waals surface area contributed by atoms with Crippen molar-refractivity contribution in [2.24, 2.45) is 0 Å². The minimum Gasteiger partial charge on any atom is -0.308 e. The highest BCUT2D eigenvalue weighted by Gasteiger charge is 2.15. The van der Waals surface area contributed by atoms with Crippen LogP contribution in [-0.4, -0.2) is 11.5 Å². The minimum atomic E-state index is -0.305. The van der Waals surface area contributed by atoms with Crippen LogP contribution < -0.4 is 5.32 Å². The smallest absolute Gasteiger partial charge is 0.124 e. The second-order valence-corrected chi connectivity index (χ2v) is 5.49. The lowest BCUT2D eigenvalue weighted by molar-refractivity contribution is 0.519. The Kier molecular flexibility index (Phi) is 5.31. The van der Waals surface area contributed by atoms with E-state index in [1.807, 2.05) is 10.9 Å². The minimum absolute atomic E-state index is 0.120. The first-order chi connectivity index (χ1) is 9.20. The van der Waals surface area contributed by atoms with E-state index in [4.69, 9.17) is 11.6 Å². The largest absolute Gasteiger partial charge is 0.308 e. The summed E-state index contributed by atoms with van der Waals surface area (Å²) < 4.78 is 13.1. The number of thiazole rings is 1. The Bertz CT molecular complexity index is 516. The van der Waals surface area contributed by atoms with E-state index in [-0.39, 0.29) is 11.9 Å². The molecule has 0 aliphatic rings. The molecule has 1 aromatic carbocycles. The van der Waals surface area contributed by atoms with Crippen LogP contribution in [0, 0.1) is 5.82 Å². The Hall–Kier alpha value is -0.970. The van der Waals surface area contributed by atoms with Crippen LogP contribution in [0.2, 0.25) is 5.02 Å². The third-order valence-electron chi connectivity index (χ3n) is 2.89. The SMILES string of the molecule is CCCNC(Cc1ccc(F)cc1Cl)c1cscn1. The lowest BCUT2D eigenvalue weighted by Gasteiger charge is -2.17. The maximum Gasteiger partial charge on any atom is 0.124 e. The molecule has 102 valence electrons. The van der Waals surface area contributed by atoms with E-state index in [1.165, 1.54) is 12.1 Å². The molecule has 1 unspecified atom stereocenters. The van der Waals surface area contributed by atoms with Crippen molar-refractivity contribution in [2.75, 3.05) is 6.54 Å². The van der Waals surface area contributed by atoms with Crippen molar-refractivity contribution in [1.82, 2.24) is 10.3 Å². The molecule has 0 aliphatic heterocycles. The number of halogens is 2. The van der Waals surface area contributed by atoms with Crippen molar-refractivity contribution in [3.05, 3.63) is 51.2 Å². The summed E-state index contributed by atoms with van der Waals surface area (Å²) in [6, 6.07) is 4.66. The van der Waals surface area contributed by atoms with E-state index < -0.39 is 0 Å². The van der Waals surface area contributed by atoms with Crippen molar-refractivity contribution in [2.45, 2.75) is 25.8 Å². The zero-order valence-corrected chi connectivity index (χ0v) is 12.3. The highest BCUT2D eigenvalue weighted by atomic mass is 35.5. The second kappa shape index (κ2) is 6.98. The van der Waals surface area contributed by atoms with E-state index in [2.05, 4.69) is 17.2 Å². The molecule has 0 bridgehead atoms. The fraction of sp³-hybridized carbons (Fsp3) is 0.357. The summed E-state index contributed by atoms with van der Waals surface area (Å²) in [5, 5.41) is 5.96. The predicted octanol–water partition coefficient (Wildman–Crippen LogP) is 4.22. The highest BCUT2D eigenvalue weighted by molar-refractivity contribution is 7.07. The molecule has 0 fully saturated rings. The van der Waals surface area contributed by atoms with Crippen LogP contribution in [0.4, 0.5) is 4.39 Å². The summed E-state index contributed by atoms with van der Waals surface area (Å²) in [4.78, 5) is 4.35. The molecular weight excluding hydrogens is 283 g/mol. The monoisotopic (exact) mass is 298 g/mol. The molecule has 0 spiro atoms. The average Bonchev–Trinajstić information content (AvgIpc) is 2.90. The molecule has 0 saturated carbocycles. The number of hydrogen-bond donors (Lipinski definition) is 1. The Balaban J connectivity index is 2.15. The van der Waals surface area contributed by atoms with Gasteiger partial charge in [-0.15, -0.1) is 11.3 Å².